The lowest BCUT2D eigenvalue weighted by Gasteiger charge is -2.07. The van der Waals surface area contributed by atoms with Gasteiger partial charge in [0.05, 0.1) is 5.56 Å². The largest absolute Gasteiger partial charge is 0.508 e. The summed E-state index contributed by atoms with van der Waals surface area (Å²) in [6.45, 7) is 0. The number of benzene rings is 2. The number of anilines is 1. The van der Waals surface area contributed by atoms with Gasteiger partial charge in [0.2, 0.25) is 0 Å². The van der Waals surface area contributed by atoms with E-state index in [0.717, 1.165) is 0 Å². The van der Waals surface area contributed by atoms with Gasteiger partial charge in [0.1, 0.15) is 11.5 Å². The second-order valence-electron chi connectivity index (χ2n) is 3.67. The highest BCUT2D eigenvalue weighted by Gasteiger charge is 2.11. The van der Waals surface area contributed by atoms with E-state index in [1.54, 1.807) is 12.1 Å². The number of hydrogen-bond acceptors (Lipinski definition) is 3. The van der Waals surface area contributed by atoms with E-state index < -0.39 is 5.91 Å². The number of rotatable bonds is 2. The number of carbonyl (C=O) groups is 1. The maximum atomic E-state index is 11.9. The van der Waals surface area contributed by atoms with Crippen LogP contribution < -0.4 is 5.32 Å². The first kappa shape index (κ1) is 12.3. The molecule has 0 aromatic heterocycles. The number of hydrogen-bond donors (Lipinski definition) is 3. The molecular weight excluding hydrogens is 254 g/mol. The van der Waals surface area contributed by atoms with Gasteiger partial charge in [-0.1, -0.05) is 17.7 Å². The van der Waals surface area contributed by atoms with Gasteiger partial charge in [-0.3, -0.25) is 4.79 Å². The molecule has 92 valence electrons. The third-order valence-electron chi connectivity index (χ3n) is 2.31. The molecule has 0 heterocycles. The smallest absolute Gasteiger partial charge is 0.259 e. The Morgan fingerprint density at radius 2 is 1.89 bits per heavy atom. The van der Waals surface area contributed by atoms with Crippen LogP contribution in [0.5, 0.6) is 11.5 Å². The maximum Gasteiger partial charge on any atom is 0.259 e. The summed E-state index contributed by atoms with van der Waals surface area (Å²) in [4.78, 5) is 11.9. The van der Waals surface area contributed by atoms with Crippen molar-refractivity contribution in [3.8, 4) is 11.5 Å². The molecule has 5 heteroatoms. The zero-order valence-corrected chi connectivity index (χ0v) is 9.98. The fourth-order valence-corrected chi connectivity index (χ4v) is 1.65. The lowest BCUT2D eigenvalue weighted by atomic mass is 10.2. The molecule has 0 aliphatic carbocycles. The Kier molecular flexibility index (Phi) is 3.39. The molecule has 2 rings (SSSR count). The second-order valence-corrected chi connectivity index (χ2v) is 4.10. The zero-order chi connectivity index (χ0) is 13.1. The summed E-state index contributed by atoms with van der Waals surface area (Å²) in [7, 11) is 0. The molecule has 0 unspecified atom stereocenters. The van der Waals surface area contributed by atoms with Crippen LogP contribution in [0.1, 0.15) is 10.4 Å². The van der Waals surface area contributed by atoms with Gasteiger partial charge in [-0.05, 0) is 30.3 Å². The van der Waals surface area contributed by atoms with E-state index in [-0.39, 0.29) is 17.1 Å². The third kappa shape index (κ3) is 2.73. The number of amides is 1. The van der Waals surface area contributed by atoms with Crippen LogP contribution in [0.3, 0.4) is 0 Å². The van der Waals surface area contributed by atoms with Crippen molar-refractivity contribution in [1.82, 2.24) is 0 Å². The summed E-state index contributed by atoms with van der Waals surface area (Å²) >= 11 is 5.68. The summed E-state index contributed by atoms with van der Waals surface area (Å²) in [5.74, 6) is -0.622. The van der Waals surface area contributed by atoms with Crippen molar-refractivity contribution >= 4 is 23.2 Å². The van der Waals surface area contributed by atoms with Crippen molar-refractivity contribution < 1.29 is 15.0 Å². The highest BCUT2D eigenvalue weighted by Crippen LogP contribution is 2.23. The number of nitrogens with one attached hydrogen (secondary N) is 1. The summed E-state index contributed by atoms with van der Waals surface area (Å²) in [6, 6.07) is 10.4. The average molecular weight is 264 g/mol. The van der Waals surface area contributed by atoms with Gasteiger partial charge >= 0.3 is 0 Å². The van der Waals surface area contributed by atoms with E-state index in [1.165, 1.54) is 30.3 Å². The molecule has 0 aliphatic rings. The van der Waals surface area contributed by atoms with Gasteiger partial charge in [0, 0.05) is 16.8 Å². The average Bonchev–Trinajstić information content (AvgIpc) is 2.28. The van der Waals surface area contributed by atoms with E-state index in [2.05, 4.69) is 5.32 Å². The molecule has 3 N–H and O–H groups in total. The number of aromatic hydroxyl groups is 2. The van der Waals surface area contributed by atoms with Gasteiger partial charge in [-0.15, -0.1) is 0 Å². The summed E-state index contributed by atoms with van der Waals surface area (Å²) in [5, 5.41) is 21.8. The zero-order valence-electron chi connectivity index (χ0n) is 9.22. The molecule has 0 saturated carbocycles. The molecule has 0 radical (unpaired) electrons. The van der Waals surface area contributed by atoms with Gasteiger partial charge in [-0.2, -0.15) is 0 Å². The fraction of sp³-hybridized carbons (Fsp3) is 0. The first-order chi connectivity index (χ1) is 8.56. The van der Waals surface area contributed by atoms with Crippen LogP contribution in [0.25, 0.3) is 0 Å². The van der Waals surface area contributed by atoms with Crippen molar-refractivity contribution in [3.05, 3.63) is 53.1 Å². The molecule has 18 heavy (non-hydrogen) atoms. The van der Waals surface area contributed by atoms with Crippen molar-refractivity contribution in [2.75, 3.05) is 5.32 Å². The Morgan fingerprint density at radius 3 is 2.56 bits per heavy atom. The Labute approximate surface area is 108 Å². The topological polar surface area (TPSA) is 69.6 Å². The van der Waals surface area contributed by atoms with Crippen LogP contribution in [0.15, 0.2) is 42.5 Å². The van der Waals surface area contributed by atoms with Crippen LogP contribution >= 0.6 is 11.6 Å². The number of phenolic OH excluding ortho intramolecular Hbond substituents is 2. The molecule has 1 amide bonds. The van der Waals surface area contributed by atoms with E-state index in [0.29, 0.717) is 10.7 Å². The highest BCUT2D eigenvalue weighted by atomic mass is 35.5. The molecule has 2 aromatic rings. The number of carbonyl (C=O) groups excluding carboxylic acids is 1. The second kappa shape index (κ2) is 4.98. The minimum absolute atomic E-state index is 0.0492. The molecule has 0 atom stereocenters. The maximum absolute atomic E-state index is 11.9. The predicted molar refractivity (Wildman–Crippen MR) is 69.2 cm³/mol. The van der Waals surface area contributed by atoms with Crippen molar-refractivity contribution in [3.63, 3.8) is 0 Å². The first-order valence-corrected chi connectivity index (χ1v) is 5.53. The molecule has 2 aromatic carbocycles. The Bertz CT molecular complexity index is 599. The van der Waals surface area contributed by atoms with E-state index in [4.69, 9.17) is 11.6 Å². The molecule has 0 fully saturated rings. The normalized spacial score (nSPS) is 10.1. The monoisotopic (exact) mass is 263 g/mol. The molecule has 0 saturated heterocycles. The quantitative estimate of drug-likeness (QED) is 0.780. The lowest BCUT2D eigenvalue weighted by molar-refractivity contribution is 0.102. The third-order valence-corrected chi connectivity index (χ3v) is 2.54. The van der Waals surface area contributed by atoms with Gasteiger partial charge in [0.25, 0.3) is 5.91 Å². The Balaban J connectivity index is 2.22. The van der Waals surface area contributed by atoms with Crippen LogP contribution in [0, 0.1) is 0 Å². The minimum Gasteiger partial charge on any atom is -0.508 e. The summed E-state index contributed by atoms with van der Waals surface area (Å²) in [6.07, 6.45) is 0. The molecule has 4 nitrogen and oxygen atoms in total. The standard InChI is InChI=1S/C13H10ClNO3/c14-8-4-5-11(12(17)6-8)13(18)15-9-2-1-3-10(16)7-9/h1-7,16-17H,(H,15,18). The number of phenols is 2. The van der Waals surface area contributed by atoms with E-state index >= 15 is 0 Å². The fourth-order valence-electron chi connectivity index (χ4n) is 1.48. The highest BCUT2D eigenvalue weighted by molar-refractivity contribution is 6.30. The van der Waals surface area contributed by atoms with Crippen LogP contribution in [-0.2, 0) is 0 Å². The van der Waals surface area contributed by atoms with Crippen LogP contribution in [0.4, 0.5) is 5.69 Å². The molecule has 0 bridgehead atoms. The Morgan fingerprint density at radius 1 is 1.11 bits per heavy atom. The molecule has 0 spiro atoms. The predicted octanol–water partition coefficient (Wildman–Crippen LogP) is 3.00. The number of halogens is 1. The summed E-state index contributed by atoms with van der Waals surface area (Å²) < 4.78 is 0. The van der Waals surface area contributed by atoms with Crippen molar-refractivity contribution in [1.29, 1.82) is 0 Å². The van der Waals surface area contributed by atoms with Gasteiger partial charge < -0.3 is 15.5 Å². The van der Waals surface area contributed by atoms with Crippen LogP contribution in [-0.4, -0.2) is 16.1 Å². The molecule has 0 aliphatic heterocycles. The van der Waals surface area contributed by atoms with Crippen LogP contribution in [0.2, 0.25) is 5.02 Å². The van der Waals surface area contributed by atoms with Crippen molar-refractivity contribution in [2.24, 2.45) is 0 Å². The minimum atomic E-state index is -0.477. The lowest BCUT2D eigenvalue weighted by Crippen LogP contribution is -2.11. The Hall–Kier alpha value is -2.20. The van der Waals surface area contributed by atoms with Gasteiger partial charge in [-0.25, -0.2) is 0 Å². The first-order valence-electron chi connectivity index (χ1n) is 5.15. The van der Waals surface area contributed by atoms with Crippen molar-refractivity contribution in [2.45, 2.75) is 0 Å². The molecular formula is C13H10ClNO3. The van der Waals surface area contributed by atoms with E-state index in [9.17, 15) is 15.0 Å². The summed E-state index contributed by atoms with van der Waals surface area (Å²) in [5.41, 5.74) is 0.553. The SMILES string of the molecule is O=C(Nc1cccc(O)c1)c1ccc(Cl)cc1O. The van der Waals surface area contributed by atoms with Gasteiger partial charge in [0.15, 0.2) is 0 Å². The van der Waals surface area contributed by atoms with E-state index in [1.807, 2.05) is 0 Å².